The Bertz CT molecular complexity index is 646. The summed E-state index contributed by atoms with van der Waals surface area (Å²) in [4.78, 5) is 8.30. The molecule has 2 aromatic heterocycles. The number of aromatic nitrogens is 4. The lowest BCUT2D eigenvalue weighted by Crippen LogP contribution is -2.34. The monoisotopic (exact) mass is 354 g/mol. The van der Waals surface area contributed by atoms with E-state index in [4.69, 9.17) is 0 Å². The molecule has 6 nitrogen and oxygen atoms in total. The van der Waals surface area contributed by atoms with Crippen LogP contribution in [0.4, 0.5) is 0 Å². The third kappa shape index (κ3) is 3.42. The van der Waals surface area contributed by atoms with Crippen LogP contribution in [0.5, 0.6) is 0 Å². The van der Waals surface area contributed by atoms with Gasteiger partial charge >= 0.3 is 0 Å². The molecule has 0 aliphatic carbocycles. The molecule has 1 fully saturated rings. The van der Waals surface area contributed by atoms with Crippen molar-refractivity contribution in [1.82, 2.24) is 30.0 Å². The van der Waals surface area contributed by atoms with E-state index < -0.39 is 0 Å². The van der Waals surface area contributed by atoms with E-state index in [1.165, 1.54) is 29.2 Å². The molecule has 2 aliphatic rings. The summed E-state index contributed by atoms with van der Waals surface area (Å²) in [5.41, 5.74) is 3.14. The van der Waals surface area contributed by atoms with Crippen LogP contribution in [-0.2, 0) is 19.6 Å². The smallest absolute Gasteiger partial charge is 0.147 e. The zero-order chi connectivity index (χ0) is 14.9. The lowest BCUT2D eigenvalue weighted by Gasteiger charge is -2.31. The molecule has 2 aliphatic heterocycles. The highest BCUT2D eigenvalue weighted by atomic mass is 35.5. The molecule has 0 radical (unpaired) electrons. The number of fused-ring (bicyclic) bond motifs is 1. The molecule has 1 saturated heterocycles. The minimum atomic E-state index is 0. The highest BCUT2D eigenvalue weighted by Crippen LogP contribution is 2.29. The first kappa shape index (κ1) is 16.8. The number of nitrogens with zero attached hydrogens (tertiary/aromatic N) is 5. The molecular formula is C15H23ClN6S. The zero-order valence-corrected chi connectivity index (χ0v) is 15.0. The highest BCUT2D eigenvalue weighted by molar-refractivity contribution is 7.09. The van der Waals surface area contributed by atoms with Gasteiger partial charge in [-0.05, 0) is 32.9 Å². The summed E-state index contributed by atoms with van der Waals surface area (Å²) in [5, 5.41) is 12.2. The summed E-state index contributed by atoms with van der Waals surface area (Å²) in [6.07, 6.45) is 2.37. The summed E-state index contributed by atoms with van der Waals surface area (Å²) >= 11 is 1.77. The predicted octanol–water partition coefficient (Wildman–Crippen LogP) is 1.95. The lowest BCUT2D eigenvalue weighted by atomic mass is 9.95. The Hall–Kier alpha value is -1.02. The Morgan fingerprint density at radius 2 is 2.09 bits per heavy atom. The van der Waals surface area contributed by atoms with E-state index in [1.54, 1.807) is 11.3 Å². The average Bonchev–Trinajstić information content (AvgIpc) is 3.15. The van der Waals surface area contributed by atoms with Crippen molar-refractivity contribution >= 4 is 23.7 Å². The van der Waals surface area contributed by atoms with Crippen LogP contribution in [0.3, 0.4) is 0 Å². The van der Waals surface area contributed by atoms with Crippen molar-refractivity contribution in [3.05, 3.63) is 27.7 Å². The number of thiazole rings is 1. The largest absolute Gasteiger partial charge is 0.312 e. The van der Waals surface area contributed by atoms with Gasteiger partial charge in [-0.2, -0.15) is 0 Å². The Labute approximate surface area is 146 Å². The van der Waals surface area contributed by atoms with E-state index in [0.717, 1.165) is 45.1 Å². The van der Waals surface area contributed by atoms with Crippen LogP contribution >= 0.6 is 23.7 Å². The van der Waals surface area contributed by atoms with Crippen molar-refractivity contribution in [2.45, 2.75) is 45.3 Å². The molecule has 23 heavy (non-hydrogen) atoms. The molecule has 0 bridgehead atoms. The number of aryl methyl sites for hydroxylation is 1. The summed E-state index contributed by atoms with van der Waals surface area (Å²) in [7, 11) is 0. The third-order valence-electron chi connectivity index (χ3n) is 4.82. The van der Waals surface area contributed by atoms with Crippen molar-refractivity contribution in [3.8, 4) is 0 Å². The van der Waals surface area contributed by atoms with Gasteiger partial charge in [0.25, 0.3) is 0 Å². The van der Waals surface area contributed by atoms with Crippen molar-refractivity contribution in [2.75, 3.05) is 19.6 Å². The van der Waals surface area contributed by atoms with Crippen molar-refractivity contribution < 1.29 is 0 Å². The molecule has 1 N–H and O–H groups in total. The SMILES string of the molecule is Cc1ncsc1CN1CCC(c2nnc3n2CCNC3)CC1.Cl. The second-order valence-electron chi connectivity index (χ2n) is 6.21. The molecular weight excluding hydrogens is 332 g/mol. The number of hydrogen-bond donors (Lipinski definition) is 1. The second-order valence-corrected chi connectivity index (χ2v) is 7.15. The number of likely N-dealkylation sites (tertiary alicyclic amines) is 1. The van der Waals surface area contributed by atoms with Gasteiger partial charge in [-0.25, -0.2) is 4.98 Å². The summed E-state index contributed by atoms with van der Waals surface area (Å²) in [6, 6.07) is 0. The van der Waals surface area contributed by atoms with Crippen LogP contribution < -0.4 is 5.32 Å². The molecule has 0 unspecified atom stereocenters. The van der Waals surface area contributed by atoms with E-state index >= 15 is 0 Å². The van der Waals surface area contributed by atoms with Crippen LogP contribution in [0.25, 0.3) is 0 Å². The van der Waals surface area contributed by atoms with Gasteiger partial charge in [-0.3, -0.25) is 4.90 Å². The Morgan fingerprint density at radius 1 is 1.26 bits per heavy atom. The van der Waals surface area contributed by atoms with Gasteiger partial charge in [0, 0.05) is 30.4 Å². The first-order valence-corrected chi connectivity index (χ1v) is 8.93. The first-order chi connectivity index (χ1) is 10.8. The van der Waals surface area contributed by atoms with Crippen LogP contribution in [-0.4, -0.2) is 44.3 Å². The fourth-order valence-corrected chi connectivity index (χ4v) is 4.27. The molecule has 8 heteroatoms. The van der Waals surface area contributed by atoms with Crippen LogP contribution in [0.15, 0.2) is 5.51 Å². The average molecular weight is 355 g/mol. The fourth-order valence-electron chi connectivity index (χ4n) is 3.45. The lowest BCUT2D eigenvalue weighted by molar-refractivity contribution is 0.200. The zero-order valence-electron chi connectivity index (χ0n) is 13.4. The predicted molar refractivity (Wildman–Crippen MR) is 93.1 cm³/mol. The fraction of sp³-hybridized carbons (Fsp3) is 0.667. The first-order valence-electron chi connectivity index (χ1n) is 8.05. The minimum Gasteiger partial charge on any atom is -0.312 e. The van der Waals surface area contributed by atoms with Gasteiger partial charge in [0.15, 0.2) is 0 Å². The number of hydrogen-bond acceptors (Lipinski definition) is 6. The normalized spacial score (nSPS) is 19.3. The number of halogens is 1. The Balaban J connectivity index is 0.00000156. The molecule has 0 amide bonds. The summed E-state index contributed by atoms with van der Waals surface area (Å²) in [5.74, 6) is 2.88. The van der Waals surface area contributed by atoms with Crippen molar-refractivity contribution in [2.24, 2.45) is 0 Å². The topological polar surface area (TPSA) is 58.9 Å². The van der Waals surface area contributed by atoms with E-state index in [9.17, 15) is 0 Å². The molecule has 0 saturated carbocycles. The molecule has 4 rings (SSSR count). The van der Waals surface area contributed by atoms with Crippen molar-refractivity contribution in [1.29, 1.82) is 0 Å². The van der Waals surface area contributed by atoms with Crippen LogP contribution in [0.2, 0.25) is 0 Å². The van der Waals surface area contributed by atoms with Gasteiger partial charge in [0.1, 0.15) is 11.6 Å². The Kier molecular flexibility index (Phi) is 5.31. The number of nitrogens with one attached hydrogen (secondary N) is 1. The van der Waals surface area contributed by atoms with Gasteiger partial charge in [-0.1, -0.05) is 0 Å². The Morgan fingerprint density at radius 3 is 2.83 bits per heavy atom. The molecule has 0 spiro atoms. The molecule has 4 heterocycles. The van der Waals surface area contributed by atoms with Gasteiger partial charge in [-0.15, -0.1) is 33.9 Å². The van der Waals surface area contributed by atoms with Gasteiger partial charge < -0.3 is 9.88 Å². The quantitative estimate of drug-likeness (QED) is 0.912. The molecule has 2 aromatic rings. The second kappa shape index (κ2) is 7.25. The van der Waals surface area contributed by atoms with Crippen molar-refractivity contribution in [3.63, 3.8) is 0 Å². The highest BCUT2D eigenvalue weighted by Gasteiger charge is 2.27. The summed E-state index contributed by atoms with van der Waals surface area (Å²) < 4.78 is 2.34. The van der Waals surface area contributed by atoms with E-state index in [1.807, 2.05) is 5.51 Å². The number of rotatable bonds is 3. The third-order valence-corrected chi connectivity index (χ3v) is 5.74. The molecule has 126 valence electrons. The maximum absolute atomic E-state index is 4.48. The number of piperidine rings is 1. The van der Waals surface area contributed by atoms with E-state index in [0.29, 0.717) is 5.92 Å². The minimum absolute atomic E-state index is 0. The molecule has 0 aromatic carbocycles. The maximum Gasteiger partial charge on any atom is 0.147 e. The standard InChI is InChI=1S/C15H22N6S.ClH/c1-11-13(22-10-17-11)9-20-5-2-12(3-6-20)15-19-18-14-8-16-4-7-21(14)15;/h10,12,16H,2-9H2,1H3;1H. The van der Waals surface area contributed by atoms with Gasteiger partial charge in [0.2, 0.25) is 0 Å². The van der Waals surface area contributed by atoms with Crippen LogP contribution in [0.1, 0.15) is 41.0 Å². The summed E-state index contributed by atoms with van der Waals surface area (Å²) in [6.45, 7) is 8.33. The van der Waals surface area contributed by atoms with Gasteiger partial charge in [0.05, 0.1) is 17.7 Å². The maximum atomic E-state index is 4.48. The molecule has 0 atom stereocenters. The van der Waals surface area contributed by atoms with E-state index in [-0.39, 0.29) is 12.4 Å². The van der Waals surface area contributed by atoms with Crippen LogP contribution in [0, 0.1) is 6.92 Å². The van der Waals surface area contributed by atoms with E-state index in [2.05, 4.69) is 36.9 Å².